The maximum Gasteiger partial charge on any atom is 0.0705 e. The number of hydrogen-bond donors (Lipinski definition) is 2. The second-order valence-electron chi connectivity index (χ2n) is 8.69. The highest BCUT2D eigenvalue weighted by Gasteiger charge is 2.16. The molecule has 0 unspecified atom stereocenters. The van der Waals surface area contributed by atoms with E-state index in [9.17, 15) is 0 Å². The molecule has 0 aliphatic carbocycles. The molecule has 0 radical (unpaired) electrons. The molecule has 3 heterocycles. The van der Waals surface area contributed by atoms with Crippen LogP contribution in [-0.4, -0.2) is 15.0 Å². The Hall–Kier alpha value is -3.85. The summed E-state index contributed by atoms with van der Waals surface area (Å²) >= 11 is 0. The van der Waals surface area contributed by atoms with Gasteiger partial charge in [0.05, 0.1) is 5.52 Å². The van der Waals surface area contributed by atoms with Crippen molar-refractivity contribution in [2.24, 2.45) is 0 Å². The summed E-state index contributed by atoms with van der Waals surface area (Å²) in [6.45, 7) is 4.34. The Kier molecular flexibility index (Phi) is 4.36. The van der Waals surface area contributed by atoms with Crippen LogP contribution in [0, 0.1) is 13.8 Å². The van der Waals surface area contributed by atoms with Crippen LogP contribution < -0.4 is 0 Å². The molecule has 156 valence electrons. The zero-order valence-electron chi connectivity index (χ0n) is 18.4. The first-order chi connectivity index (χ1) is 15.7. The SMILES string of the molecule is Cc1[nH]c2ccccc2c1Cc1cc2ccccc2nc1Cc1c(C)[nH]c2ccccc12. The Morgan fingerprint density at radius 1 is 0.656 bits per heavy atom. The van der Waals surface area contributed by atoms with Crippen molar-refractivity contribution in [3.63, 3.8) is 0 Å². The first kappa shape index (κ1) is 18.9. The quantitative estimate of drug-likeness (QED) is 0.320. The molecule has 0 spiro atoms. The molecule has 0 aliphatic rings. The van der Waals surface area contributed by atoms with E-state index in [1.54, 1.807) is 0 Å². The minimum Gasteiger partial charge on any atom is -0.358 e. The van der Waals surface area contributed by atoms with Crippen molar-refractivity contribution in [1.82, 2.24) is 15.0 Å². The van der Waals surface area contributed by atoms with Crippen LogP contribution in [0.4, 0.5) is 0 Å². The summed E-state index contributed by atoms with van der Waals surface area (Å²) in [5.41, 5.74) is 11.0. The van der Waals surface area contributed by atoms with Gasteiger partial charge in [-0.05, 0) is 54.8 Å². The normalized spacial score (nSPS) is 11.7. The smallest absolute Gasteiger partial charge is 0.0705 e. The third-order valence-corrected chi connectivity index (χ3v) is 6.66. The van der Waals surface area contributed by atoms with Gasteiger partial charge in [0.2, 0.25) is 0 Å². The lowest BCUT2D eigenvalue weighted by molar-refractivity contribution is 1.02. The van der Waals surface area contributed by atoms with E-state index in [4.69, 9.17) is 4.98 Å². The molecular weight excluding hydrogens is 390 g/mol. The molecule has 0 aliphatic heterocycles. The van der Waals surface area contributed by atoms with Gasteiger partial charge >= 0.3 is 0 Å². The number of nitrogens with zero attached hydrogens (tertiary/aromatic N) is 1. The van der Waals surface area contributed by atoms with Crippen LogP contribution in [0.5, 0.6) is 0 Å². The van der Waals surface area contributed by atoms with Crippen LogP contribution in [0.3, 0.4) is 0 Å². The van der Waals surface area contributed by atoms with Gasteiger partial charge < -0.3 is 9.97 Å². The first-order valence-corrected chi connectivity index (χ1v) is 11.2. The Labute approximate surface area is 187 Å². The molecule has 0 bridgehead atoms. The van der Waals surface area contributed by atoms with Crippen LogP contribution in [0.15, 0.2) is 78.9 Å². The van der Waals surface area contributed by atoms with Crippen LogP contribution in [-0.2, 0) is 12.8 Å². The summed E-state index contributed by atoms with van der Waals surface area (Å²) < 4.78 is 0. The molecule has 32 heavy (non-hydrogen) atoms. The zero-order chi connectivity index (χ0) is 21.7. The van der Waals surface area contributed by atoms with E-state index < -0.39 is 0 Å². The first-order valence-electron chi connectivity index (χ1n) is 11.2. The topological polar surface area (TPSA) is 44.5 Å². The van der Waals surface area contributed by atoms with Crippen molar-refractivity contribution in [1.29, 1.82) is 0 Å². The molecule has 3 aromatic carbocycles. The number of aryl methyl sites for hydroxylation is 2. The number of rotatable bonds is 4. The molecule has 0 atom stereocenters. The monoisotopic (exact) mass is 415 g/mol. The summed E-state index contributed by atoms with van der Waals surface area (Å²) in [5.74, 6) is 0. The fraction of sp³-hybridized carbons (Fsp3) is 0.138. The number of para-hydroxylation sites is 3. The van der Waals surface area contributed by atoms with Crippen molar-refractivity contribution in [2.45, 2.75) is 26.7 Å². The highest BCUT2D eigenvalue weighted by atomic mass is 14.7. The minimum absolute atomic E-state index is 0.817. The lowest BCUT2D eigenvalue weighted by Gasteiger charge is -2.12. The summed E-state index contributed by atoms with van der Waals surface area (Å²) in [6.07, 6.45) is 1.68. The Morgan fingerprint density at radius 3 is 1.91 bits per heavy atom. The minimum atomic E-state index is 0.817. The lowest BCUT2D eigenvalue weighted by Crippen LogP contribution is -2.02. The Bertz CT molecular complexity index is 1480. The Balaban J connectivity index is 1.52. The van der Waals surface area contributed by atoms with Gasteiger partial charge in [0.1, 0.15) is 0 Å². The van der Waals surface area contributed by atoms with Crippen LogP contribution in [0.2, 0.25) is 0 Å². The van der Waals surface area contributed by atoms with Crippen molar-refractivity contribution in [3.05, 3.63) is 113 Å². The highest BCUT2D eigenvalue weighted by molar-refractivity contribution is 5.87. The molecule has 0 amide bonds. The number of hydrogen-bond acceptors (Lipinski definition) is 1. The standard InChI is InChI=1S/C29H25N3/c1-18-24(22-10-4-7-13-27(22)30-18)16-21-15-20-9-3-6-12-26(20)32-29(21)17-25-19(2)31-28-14-8-5-11-23(25)28/h3-15,30-31H,16-17H2,1-2H3. The maximum absolute atomic E-state index is 5.16. The summed E-state index contributed by atoms with van der Waals surface area (Å²) in [7, 11) is 0. The second kappa shape index (κ2) is 7.38. The molecule has 0 saturated carbocycles. The fourth-order valence-electron chi connectivity index (χ4n) is 4.99. The molecular formula is C29H25N3. The predicted molar refractivity (Wildman–Crippen MR) is 133 cm³/mol. The number of aromatic nitrogens is 3. The van der Waals surface area contributed by atoms with Crippen LogP contribution in [0.1, 0.15) is 33.8 Å². The number of H-pyrrole nitrogens is 2. The molecule has 6 aromatic rings. The van der Waals surface area contributed by atoms with Crippen LogP contribution >= 0.6 is 0 Å². The lowest BCUT2D eigenvalue weighted by atomic mass is 9.95. The summed E-state index contributed by atoms with van der Waals surface area (Å²) in [6, 6.07) is 27.9. The number of fused-ring (bicyclic) bond motifs is 3. The van der Waals surface area contributed by atoms with Gasteiger partial charge in [0, 0.05) is 57.1 Å². The van der Waals surface area contributed by atoms with Gasteiger partial charge in [0.25, 0.3) is 0 Å². The van der Waals surface area contributed by atoms with Gasteiger partial charge in [-0.25, -0.2) is 0 Å². The largest absolute Gasteiger partial charge is 0.358 e. The molecule has 0 fully saturated rings. The Morgan fingerprint density at radius 2 is 1.22 bits per heavy atom. The molecule has 0 saturated heterocycles. The van der Waals surface area contributed by atoms with Crippen molar-refractivity contribution in [2.75, 3.05) is 0 Å². The highest BCUT2D eigenvalue weighted by Crippen LogP contribution is 2.30. The van der Waals surface area contributed by atoms with E-state index >= 15 is 0 Å². The van der Waals surface area contributed by atoms with E-state index in [0.717, 1.165) is 24.1 Å². The van der Waals surface area contributed by atoms with Gasteiger partial charge in [-0.3, -0.25) is 4.98 Å². The molecule has 2 N–H and O–H groups in total. The van der Waals surface area contributed by atoms with Gasteiger partial charge in [-0.1, -0.05) is 54.6 Å². The van der Waals surface area contributed by atoms with Crippen LogP contribution in [0.25, 0.3) is 32.7 Å². The van der Waals surface area contributed by atoms with Gasteiger partial charge in [-0.2, -0.15) is 0 Å². The van der Waals surface area contributed by atoms with Gasteiger partial charge in [-0.15, -0.1) is 0 Å². The third kappa shape index (κ3) is 3.09. The predicted octanol–water partition coefficient (Wildman–Crippen LogP) is 7.00. The number of nitrogens with one attached hydrogen (secondary N) is 2. The van der Waals surface area contributed by atoms with Crippen molar-refractivity contribution >= 4 is 32.7 Å². The second-order valence-corrected chi connectivity index (χ2v) is 8.69. The number of benzene rings is 3. The average molecular weight is 416 g/mol. The molecule has 6 rings (SSSR count). The van der Waals surface area contributed by atoms with E-state index in [-0.39, 0.29) is 0 Å². The van der Waals surface area contributed by atoms with E-state index in [1.165, 1.54) is 55.3 Å². The van der Waals surface area contributed by atoms with Crippen molar-refractivity contribution < 1.29 is 0 Å². The van der Waals surface area contributed by atoms with E-state index in [0.29, 0.717) is 0 Å². The number of pyridine rings is 1. The fourth-order valence-corrected chi connectivity index (χ4v) is 4.99. The third-order valence-electron chi connectivity index (χ3n) is 6.66. The molecule has 3 aromatic heterocycles. The average Bonchev–Trinajstić information content (AvgIpc) is 3.30. The molecule has 3 nitrogen and oxygen atoms in total. The zero-order valence-corrected chi connectivity index (χ0v) is 18.4. The summed E-state index contributed by atoms with van der Waals surface area (Å²) in [4.78, 5) is 12.3. The van der Waals surface area contributed by atoms with Gasteiger partial charge in [0.15, 0.2) is 0 Å². The van der Waals surface area contributed by atoms with Crippen molar-refractivity contribution in [3.8, 4) is 0 Å². The van der Waals surface area contributed by atoms with E-state index in [2.05, 4.69) is 103 Å². The molecule has 3 heteroatoms. The maximum atomic E-state index is 5.16. The summed E-state index contributed by atoms with van der Waals surface area (Å²) in [5, 5.41) is 3.78. The number of aromatic amines is 2. The van der Waals surface area contributed by atoms with E-state index in [1.807, 2.05) is 0 Å².